The number of hydrogen-bond acceptors (Lipinski definition) is 4. The van der Waals surface area contributed by atoms with Gasteiger partial charge in [0.05, 0.1) is 0 Å². The predicted octanol–water partition coefficient (Wildman–Crippen LogP) is 5.72. The van der Waals surface area contributed by atoms with E-state index in [0.717, 1.165) is 36.1 Å². The number of ether oxygens (including phenoxy) is 1. The van der Waals surface area contributed by atoms with Crippen molar-refractivity contribution in [2.45, 2.75) is 58.5 Å². The highest BCUT2D eigenvalue weighted by atomic mass is 32.1. The first-order valence-corrected chi connectivity index (χ1v) is 9.68. The standard InChI is InChI=1S/C20H25NO2S/c1-3-10-20(2)11-8-16(9-12-20)23-19(22)17-7-6-15(14-21-17)18-5-4-13-24-18/h4-7,13-14,16H,3,8-12H2,1-2H3/t16-,20+. The summed E-state index contributed by atoms with van der Waals surface area (Å²) in [7, 11) is 0. The number of esters is 1. The molecule has 3 rings (SSSR count). The Morgan fingerprint density at radius 1 is 1.33 bits per heavy atom. The molecule has 2 heterocycles. The van der Waals surface area contributed by atoms with Crippen LogP contribution >= 0.6 is 11.3 Å². The molecule has 3 nitrogen and oxygen atoms in total. The van der Waals surface area contributed by atoms with E-state index in [1.54, 1.807) is 23.6 Å². The van der Waals surface area contributed by atoms with Crippen molar-refractivity contribution in [3.8, 4) is 10.4 Å². The van der Waals surface area contributed by atoms with Gasteiger partial charge in [0, 0.05) is 16.6 Å². The van der Waals surface area contributed by atoms with Gasteiger partial charge in [-0.2, -0.15) is 0 Å². The Kier molecular flexibility index (Phi) is 5.34. The zero-order chi connectivity index (χ0) is 17.0. The van der Waals surface area contributed by atoms with Crippen LogP contribution in [-0.4, -0.2) is 17.1 Å². The van der Waals surface area contributed by atoms with Gasteiger partial charge in [-0.05, 0) is 61.1 Å². The molecule has 0 aromatic carbocycles. The number of pyridine rings is 1. The lowest BCUT2D eigenvalue weighted by molar-refractivity contribution is 0.00546. The topological polar surface area (TPSA) is 39.2 Å². The van der Waals surface area contributed by atoms with E-state index in [9.17, 15) is 4.79 Å². The van der Waals surface area contributed by atoms with Gasteiger partial charge in [-0.3, -0.25) is 0 Å². The lowest BCUT2D eigenvalue weighted by Gasteiger charge is -2.36. The molecule has 0 amide bonds. The molecule has 0 unspecified atom stereocenters. The van der Waals surface area contributed by atoms with Crippen LogP contribution in [0.5, 0.6) is 0 Å². The van der Waals surface area contributed by atoms with Gasteiger partial charge in [-0.25, -0.2) is 9.78 Å². The van der Waals surface area contributed by atoms with Gasteiger partial charge >= 0.3 is 5.97 Å². The summed E-state index contributed by atoms with van der Waals surface area (Å²) >= 11 is 1.67. The van der Waals surface area contributed by atoms with E-state index in [1.165, 1.54) is 12.8 Å². The summed E-state index contributed by atoms with van der Waals surface area (Å²) in [4.78, 5) is 17.8. The van der Waals surface area contributed by atoms with Crippen molar-refractivity contribution in [1.82, 2.24) is 4.98 Å². The van der Waals surface area contributed by atoms with Gasteiger partial charge in [0.2, 0.25) is 0 Å². The molecule has 1 aliphatic rings. The van der Waals surface area contributed by atoms with Crippen molar-refractivity contribution in [2.75, 3.05) is 0 Å². The Balaban J connectivity index is 1.56. The van der Waals surface area contributed by atoms with Crippen molar-refractivity contribution in [3.05, 3.63) is 41.5 Å². The molecule has 0 spiro atoms. The van der Waals surface area contributed by atoms with Crippen LogP contribution in [0.15, 0.2) is 35.8 Å². The van der Waals surface area contributed by atoms with Gasteiger partial charge < -0.3 is 4.74 Å². The molecular weight excluding hydrogens is 318 g/mol. The van der Waals surface area contributed by atoms with Crippen LogP contribution in [0.2, 0.25) is 0 Å². The maximum Gasteiger partial charge on any atom is 0.357 e. The zero-order valence-corrected chi connectivity index (χ0v) is 15.3. The second kappa shape index (κ2) is 7.47. The van der Waals surface area contributed by atoms with E-state index >= 15 is 0 Å². The van der Waals surface area contributed by atoms with Crippen molar-refractivity contribution in [2.24, 2.45) is 5.41 Å². The summed E-state index contributed by atoms with van der Waals surface area (Å²) in [5.41, 5.74) is 1.87. The summed E-state index contributed by atoms with van der Waals surface area (Å²) in [6, 6.07) is 7.77. The molecule has 4 heteroatoms. The van der Waals surface area contributed by atoms with E-state index in [4.69, 9.17) is 4.74 Å². The maximum absolute atomic E-state index is 12.3. The largest absolute Gasteiger partial charge is 0.458 e. The van der Waals surface area contributed by atoms with Crippen molar-refractivity contribution >= 4 is 17.3 Å². The molecule has 0 aliphatic heterocycles. The molecule has 0 radical (unpaired) electrons. The summed E-state index contributed by atoms with van der Waals surface area (Å²) < 4.78 is 5.68. The SMILES string of the molecule is CCC[C@]1(C)CC[C@H](OC(=O)c2ccc(-c3cccs3)cn2)CC1. The number of nitrogens with zero attached hydrogens (tertiary/aromatic N) is 1. The van der Waals surface area contributed by atoms with Crippen molar-refractivity contribution in [3.63, 3.8) is 0 Å². The van der Waals surface area contributed by atoms with E-state index in [2.05, 4.69) is 24.9 Å². The highest BCUT2D eigenvalue weighted by Crippen LogP contribution is 2.40. The Bertz CT molecular complexity index is 655. The molecule has 0 saturated heterocycles. The van der Waals surface area contributed by atoms with Crippen LogP contribution in [0.25, 0.3) is 10.4 Å². The number of aromatic nitrogens is 1. The quantitative estimate of drug-likeness (QED) is 0.652. The number of rotatable bonds is 5. The van der Waals surface area contributed by atoms with Crippen LogP contribution < -0.4 is 0 Å². The molecule has 0 bridgehead atoms. The van der Waals surface area contributed by atoms with Gasteiger partial charge in [-0.1, -0.05) is 26.3 Å². The fourth-order valence-electron chi connectivity index (χ4n) is 3.57. The maximum atomic E-state index is 12.3. The summed E-state index contributed by atoms with van der Waals surface area (Å²) in [6.07, 6.45) is 8.50. The molecule has 1 saturated carbocycles. The van der Waals surface area contributed by atoms with Gasteiger partial charge in [0.25, 0.3) is 0 Å². The number of hydrogen-bond donors (Lipinski definition) is 0. The zero-order valence-electron chi connectivity index (χ0n) is 14.5. The first-order chi connectivity index (χ1) is 11.6. The molecule has 1 fully saturated rings. The van der Waals surface area contributed by atoms with Crippen LogP contribution in [0, 0.1) is 5.41 Å². The Labute approximate surface area is 148 Å². The molecular formula is C20H25NO2S. The second-order valence-corrected chi connectivity index (χ2v) is 8.02. The van der Waals surface area contributed by atoms with Crippen LogP contribution in [0.1, 0.15) is 62.9 Å². The average molecular weight is 343 g/mol. The van der Waals surface area contributed by atoms with E-state index in [1.807, 2.05) is 17.5 Å². The fraction of sp³-hybridized carbons (Fsp3) is 0.500. The third kappa shape index (κ3) is 4.04. The Morgan fingerprint density at radius 2 is 2.12 bits per heavy atom. The summed E-state index contributed by atoms with van der Waals surface area (Å²) in [5, 5.41) is 2.03. The number of carbonyl (C=O) groups is 1. The van der Waals surface area contributed by atoms with Gasteiger partial charge in [-0.15, -0.1) is 11.3 Å². The monoisotopic (exact) mass is 343 g/mol. The molecule has 128 valence electrons. The second-order valence-electron chi connectivity index (χ2n) is 7.07. The Morgan fingerprint density at radius 3 is 2.71 bits per heavy atom. The summed E-state index contributed by atoms with van der Waals surface area (Å²) in [6.45, 7) is 4.60. The molecule has 2 aromatic heterocycles. The molecule has 0 atom stereocenters. The minimum Gasteiger partial charge on any atom is -0.458 e. The van der Waals surface area contributed by atoms with E-state index < -0.39 is 0 Å². The fourth-order valence-corrected chi connectivity index (χ4v) is 4.29. The van der Waals surface area contributed by atoms with Crippen LogP contribution in [0.3, 0.4) is 0 Å². The third-order valence-corrected chi connectivity index (χ3v) is 5.96. The summed E-state index contributed by atoms with van der Waals surface area (Å²) in [5.74, 6) is -0.295. The van der Waals surface area contributed by atoms with Gasteiger partial charge in [0.1, 0.15) is 11.8 Å². The lowest BCUT2D eigenvalue weighted by atomic mass is 9.72. The van der Waals surface area contributed by atoms with Crippen LogP contribution in [0.4, 0.5) is 0 Å². The first kappa shape index (κ1) is 17.2. The number of carbonyl (C=O) groups excluding carboxylic acids is 1. The molecule has 2 aromatic rings. The third-order valence-electron chi connectivity index (χ3n) is 5.05. The molecule has 0 N–H and O–H groups in total. The van der Waals surface area contributed by atoms with E-state index in [-0.39, 0.29) is 12.1 Å². The van der Waals surface area contributed by atoms with E-state index in [0.29, 0.717) is 11.1 Å². The van der Waals surface area contributed by atoms with Crippen LogP contribution in [-0.2, 0) is 4.74 Å². The minimum atomic E-state index is -0.295. The molecule has 24 heavy (non-hydrogen) atoms. The smallest absolute Gasteiger partial charge is 0.357 e. The van der Waals surface area contributed by atoms with Gasteiger partial charge in [0.15, 0.2) is 0 Å². The minimum absolute atomic E-state index is 0.0428. The average Bonchev–Trinajstić information content (AvgIpc) is 3.12. The molecule has 1 aliphatic carbocycles. The van der Waals surface area contributed by atoms with Crippen molar-refractivity contribution in [1.29, 1.82) is 0 Å². The normalized spacial score (nSPS) is 23.8. The first-order valence-electron chi connectivity index (χ1n) is 8.80. The lowest BCUT2D eigenvalue weighted by Crippen LogP contribution is -2.30. The van der Waals surface area contributed by atoms with Crippen molar-refractivity contribution < 1.29 is 9.53 Å². The Hall–Kier alpha value is -1.68. The number of thiophene rings is 1. The highest BCUT2D eigenvalue weighted by Gasteiger charge is 2.32. The highest BCUT2D eigenvalue weighted by molar-refractivity contribution is 7.13. The predicted molar refractivity (Wildman–Crippen MR) is 98.2 cm³/mol.